The maximum absolute atomic E-state index is 11.3. The fourth-order valence-corrected chi connectivity index (χ4v) is 2.62. The number of carbonyl (C=O) groups is 2. The van der Waals surface area contributed by atoms with E-state index in [1.165, 1.54) is 11.8 Å². The van der Waals surface area contributed by atoms with Gasteiger partial charge in [0.2, 0.25) is 5.91 Å². The van der Waals surface area contributed by atoms with Crippen molar-refractivity contribution in [2.24, 2.45) is 0 Å². The summed E-state index contributed by atoms with van der Waals surface area (Å²) in [5, 5.41) is 8.44. The van der Waals surface area contributed by atoms with Gasteiger partial charge in [0.1, 0.15) is 4.32 Å². The molecule has 1 saturated heterocycles. The molecule has 1 rings (SSSR count). The van der Waals surface area contributed by atoms with Crippen LogP contribution in [0.25, 0.3) is 0 Å². The Hall–Kier alpha value is -0.620. The number of aliphatic carboxylic acids is 1. The summed E-state index contributed by atoms with van der Waals surface area (Å²) in [6.07, 6.45) is 3.68. The smallest absolute Gasteiger partial charge is 0.303 e. The highest BCUT2D eigenvalue weighted by Crippen LogP contribution is 2.19. The first kappa shape index (κ1) is 13.4. The van der Waals surface area contributed by atoms with E-state index in [2.05, 4.69) is 0 Å². The van der Waals surface area contributed by atoms with Crippen molar-refractivity contribution in [3.63, 3.8) is 0 Å². The number of thioether (sulfide) groups is 1. The van der Waals surface area contributed by atoms with Crippen molar-refractivity contribution in [2.45, 2.75) is 32.1 Å². The SMILES string of the molecule is O=C(O)CCCCCCN1C(=O)CSC1=S. The van der Waals surface area contributed by atoms with Crippen LogP contribution in [-0.4, -0.2) is 38.5 Å². The van der Waals surface area contributed by atoms with Crippen LogP contribution in [0.2, 0.25) is 0 Å². The molecule has 0 aliphatic carbocycles. The van der Waals surface area contributed by atoms with Crippen LogP contribution in [0.4, 0.5) is 0 Å². The third-order valence-corrected chi connectivity index (χ3v) is 3.80. The van der Waals surface area contributed by atoms with Crippen LogP contribution in [0.15, 0.2) is 0 Å². The quantitative estimate of drug-likeness (QED) is 0.560. The topological polar surface area (TPSA) is 57.6 Å². The van der Waals surface area contributed by atoms with Crippen molar-refractivity contribution in [1.82, 2.24) is 4.90 Å². The lowest BCUT2D eigenvalue weighted by Gasteiger charge is -2.14. The normalized spacial score (nSPS) is 15.9. The number of unbranched alkanes of at least 4 members (excludes halogenated alkanes) is 3. The summed E-state index contributed by atoms with van der Waals surface area (Å²) >= 11 is 6.46. The third kappa shape index (κ3) is 4.49. The van der Waals surface area contributed by atoms with Crippen molar-refractivity contribution in [1.29, 1.82) is 0 Å². The highest BCUT2D eigenvalue weighted by Gasteiger charge is 2.25. The molecule has 0 saturated carbocycles. The second-order valence-corrected chi connectivity index (χ2v) is 5.27. The molecule has 1 fully saturated rings. The molecule has 0 aromatic rings. The van der Waals surface area contributed by atoms with Gasteiger partial charge in [-0.1, -0.05) is 36.8 Å². The Morgan fingerprint density at radius 2 is 2.06 bits per heavy atom. The molecule has 0 atom stereocenters. The van der Waals surface area contributed by atoms with Gasteiger partial charge < -0.3 is 5.11 Å². The predicted molar refractivity (Wildman–Crippen MR) is 67.5 cm³/mol. The molecule has 0 radical (unpaired) electrons. The number of hydrogen-bond acceptors (Lipinski definition) is 4. The van der Waals surface area contributed by atoms with E-state index in [4.69, 9.17) is 17.3 Å². The first-order valence-electron chi connectivity index (χ1n) is 5.30. The summed E-state index contributed by atoms with van der Waals surface area (Å²) in [5.74, 6) is -0.175. The van der Waals surface area contributed by atoms with Gasteiger partial charge in [0, 0.05) is 13.0 Å². The highest BCUT2D eigenvalue weighted by atomic mass is 32.2. The van der Waals surface area contributed by atoms with Crippen LogP contribution in [0.3, 0.4) is 0 Å². The molecule has 0 spiro atoms. The number of thiocarbonyl (C=S) groups is 1. The van der Waals surface area contributed by atoms with Gasteiger partial charge in [-0.05, 0) is 12.8 Å². The van der Waals surface area contributed by atoms with Crippen molar-refractivity contribution in [2.75, 3.05) is 12.3 Å². The fraction of sp³-hybridized carbons (Fsp3) is 0.700. The summed E-state index contributed by atoms with van der Waals surface area (Å²) in [7, 11) is 0. The van der Waals surface area contributed by atoms with Crippen LogP contribution in [0.1, 0.15) is 32.1 Å². The molecule has 1 amide bonds. The number of carboxylic acids is 1. The van der Waals surface area contributed by atoms with E-state index >= 15 is 0 Å². The Bertz CT molecular complexity index is 278. The Balaban J connectivity index is 2.05. The number of hydrogen-bond donors (Lipinski definition) is 1. The summed E-state index contributed by atoms with van der Waals surface area (Å²) in [6.45, 7) is 0.678. The zero-order chi connectivity index (χ0) is 12.0. The molecule has 0 unspecified atom stereocenters. The number of amides is 1. The summed E-state index contributed by atoms with van der Waals surface area (Å²) in [5.41, 5.74) is 0. The lowest BCUT2D eigenvalue weighted by atomic mass is 10.1. The second kappa shape index (κ2) is 6.85. The van der Waals surface area contributed by atoms with Crippen molar-refractivity contribution in [3.8, 4) is 0 Å². The second-order valence-electron chi connectivity index (χ2n) is 3.66. The predicted octanol–water partition coefficient (Wildman–Crippen LogP) is 1.88. The highest BCUT2D eigenvalue weighted by molar-refractivity contribution is 8.23. The molecule has 1 N–H and O–H groups in total. The minimum atomic E-state index is -0.743. The molecular formula is C10H15NO3S2. The molecule has 4 nitrogen and oxygen atoms in total. The summed E-state index contributed by atoms with van der Waals surface area (Å²) in [4.78, 5) is 23.2. The average molecular weight is 261 g/mol. The number of carbonyl (C=O) groups excluding carboxylic acids is 1. The minimum absolute atomic E-state index is 0.0977. The van der Waals surface area contributed by atoms with E-state index in [9.17, 15) is 9.59 Å². The van der Waals surface area contributed by atoms with E-state index in [1.54, 1.807) is 4.90 Å². The van der Waals surface area contributed by atoms with E-state index in [0.717, 1.165) is 19.3 Å². The minimum Gasteiger partial charge on any atom is -0.481 e. The van der Waals surface area contributed by atoms with E-state index in [1.807, 2.05) is 0 Å². The van der Waals surface area contributed by atoms with Gasteiger partial charge in [-0.25, -0.2) is 0 Å². The summed E-state index contributed by atoms with van der Waals surface area (Å²) in [6, 6.07) is 0. The number of rotatable bonds is 7. The molecule has 1 aliphatic heterocycles. The van der Waals surface area contributed by atoms with Crippen molar-refractivity contribution < 1.29 is 14.7 Å². The van der Waals surface area contributed by atoms with Gasteiger partial charge in [0.15, 0.2) is 0 Å². The molecular weight excluding hydrogens is 246 g/mol. The van der Waals surface area contributed by atoms with Gasteiger partial charge in [-0.15, -0.1) is 0 Å². The van der Waals surface area contributed by atoms with Crippen LogP contribution < -0.4 is 0 Å². The summed E-state index contributed by atoms with van der Waals surface area (Å²) < 4.78 is 0.676. The van der Waals surface area contributed by atoms with Gasteiger partial charge in [-0.2, -0.15) is 0 Å². The Morgan fingerprint density at radius 1 is 1.38 bits per heavy atom. The molecule has 90 valence electrons. The van der Waals surface area contributed by atoms with Gasteiger partial charge in [0.05, 0.1) is 5.75 Å². The molecule has 1 aliphatic rings. The molecule has 0 aromatic heterocycles. The van der Waals surface area contributed by atoms with Gasteiger partial charge in [-0.3, -0.25) is 14.5 Å². The van der Waals surface area contributed by atoms with E-state index in [0.29, 0.717) is 23.0 Å². The molecule has 6 heteroatoms. The number of nitrogens with zero attached hydrogens (tertiary/aromatic N) is 1. The van der Waals surface area contributed by atoms with Crippen molar-refractivity contribution in [3.05, 3.63) is 0 Å². The van der Waals surface area contributed by atoms with E-state index < -0.39 is 5.97 Å². The van der Waals surface area contributed by atoms with Crippen LogP contribution in [0, 0.1) is 0 Å². The standard InChI is InChI=1S/C10H15NO3S2/c12-8-7-16-10(15)11(8)6-4-2-1-3-5-9(13)14/h1-7H2,(H,13,14). The fourth-order valence-electron chi connectivity index (χ4n) is 1.50. The zero-order valence-corrected chi connectivity index (χ0v) is 10.6. The largest absolute Gasteiger partial charge is 0.481 e. The third-order valence-electron chi connectivity index (χ3n) is 2.36. The average Bonchev–Trinajstić information content (AvgIpc) is 2.53. The van der Waals surface area contributed by atoms with Crippen LogP contribution in [0.5, 0.6) is 0 Å². The number of carboxylic acid groups (broad SMARTS) is 1. The molecule has 16 heavy (non-hydrogen) atoms. The van der Waals surface area contributed by atoms with Crippen LogP contribution in [-0.2, 0) is 9.59 Å². The molecule has 0 aromatic carbocycles. The van der Waals surface area contributed by atoms with Gasteiger partial charge in [0.25, 0.3) is 0 Å². The Morgan fingerprint density at radius 3 is 2.62 bits per heavy atom. The first-order chi connectivity index (χ1) is 7.61. The first-order valence-corrected chi connectivity index (χ1v) is 6.69. The maximum atomic E-state index is 11.3. The monoisotopic (exact) mass is 261 g/mol. The Labute approximate surface area is 104 Å². The van der Waals surface area contributed by atoms with Crippen molar-refractivity contribution >= 4 is 40.2 Å². The zero-order valence-electron chi connectivity index (χ0n) is 8.98. The lowest BCUT2D eigenvalue weighted by molar-refractivity contribution is -0.137. The van der Waals surface area contributed by atoms with Crippen LogP contribution >= 0.6 is 24.0 Å². The Kier molecular flexibility index (Phi) is 5.76. The lowest BCUT2D eigenvalue weighted by Crippen LogP contribution is -2.29. The maximum Gasteiger partial charge on any atom is 0.303 e. The molecule has 0 bridgehead atoms. The van der Waals surface area contributed by atoms with E-state index in [-0.39, 0.29) is 12.3 Å². The molecule has 1 heterocycles. The van der Waals surface area contributed by atoms with Gasteiger partial charge >= 0.3 is 5.97 Å².